The molecule has 3 rings (SSSR count). The average molecular weight is 289 g/mol. The van der Waals surface area contributed by atoms with Gasteiger partial charge >= 0.3 is 0 Å². The molecule has 0 radical (unpaired) electrons. The molecular weight excluding hydrogens is 270 g/mol. The van der Waals surface area contributed by atoms with Crippen molar-refractivity contribution in [2.45, 2.75) is 39.3 Å². The van der Waals surface area contributed by atoms with E-state index in [2.05, 4.69) is 40.1 Å². The summed E-state index contributed by atoms with van der Waals surface area (Å²) in [6.45, 7) is 5.14. The normalized spacial score (nSPS) is 13.1. The molecular formula is C15H19N3OS. The van der Waals surface area contributed by atoms with Crippen LogP contribution in [0.4, 0.5) is 0 Å². The van der Waals surface area contributed by atoms with E-state index >= 15 is 0 Å². The van der Waals surface area contributed by atoms with E-state index in [0.717, 1.165) is 35.8 Å². The molecule has 1 atom stereocenters. The quantitative estimate of drug-likeness (QED) is 0.756. The number of rotatable bonds is 6. The Bertz CT molecular complexity index is 668. The molecule has 3 aromatic rings. The van der Waals surface area contributed by atoms with E-state index in [1.165, 1.54) is 5.69 Å². The first-order valence-corrected chi connectivity index (χ1v) is 7.79. The molecule has 5 heteroatoms. The number of furan rings is 1. The minimum Gasteiger partial charge on any atom is -0.469 e. The van der Waals surface area contributed by atoms with Gasteiger partial charge in [0, 0.05) is 30.6 Å². The summed E-state index contributed by atoms with van der Waals surface area (Å²) < 4.78 is 7.53. The average Bonchev–Trinajstić information content (AvgIpc) is 3.11. The molecule has 0 saturated heterocycles. The summed E-state index contributed by atoms with van der Waals surface area (Å²) in [6, 6.07) is 4.42. The molecule has 0 spiro atoms. The summed E-state index contributed by atoms with van der Waals surface area (Å²) in [5.74, 6) is 1.06. The molecule has 20 heavy (non-hydrogen) atoms. The maximum atomic E-state index is 5.36. The summed E-state index contributed by atoms with van der Waals surface area (Å²) in [5, 5.41) is 5.65. The van der Waals surface area contributed by atoms with Crippen molar-refractivity contribution in [2.75, 3.05) is 0 Å². The third-order valence-corrected chi connectivity index (χ3v) is 4.34. The van der Waals surface area contributed by atoms with Gasteiger partial charge < -0.3 is 9.73 Å². The number of aromatic nitrogens is 2. The summed E-state index contributed by atoms with van der Waals surface area (Å²) in [4.78, 5) is 5.64. The number of nitrogens with zero attached hydrogens (tertiary/aromatic N) is 2. The zero-order valence-corrected chi connectivity index (χ0v) is 12.6. The minimum absolute atomic E-state index is 0.448. The Morgan fingerprint density at radius 3 is 3.20 bits per heavy atom. The van der Waals surface area contributed by atoms with E-state index in [4.69, 9.17) is 4.42 Å². The highest BCUT2D eigenvalue weighted by Gasteiger charge is 2.11. The van der Waals surface area contributed by atoms with Gasteiger partial charge in [0.05, 0.1) is 17.7 Å². The Kier molecular flexibility index (Phi) is 3.89. The van der Waals surface area contributed by atoms with E-state index in [1.54, 1.807) is 17.6 Å². The van der Waals surface area contributed by atoms with Gasteiger partial charge in [0.2, 0.25) is 0 Å². The highest BCUT2D eigenvalue weighted by molar-refractivity contribution is 7.15. The van der Waals surface area contributed by atoms with Gasteiger partial charge in [0.15, 0.2) is 4.96 Å². The lowest BCUT2D eigenvalue weighted by atomic mass is 10.1. The van der Waals surface area contributed by atoms with Gasteiger partial charge in [-0.1, -0.05) is 0 Å². The molecule has 1 unspecified atom stereocenters. The van der Waals surface area contributed by atoms with Crippen molar-refractivity contribution in [1.29, 1.82) is 0 Å². The molecule has 0 bridgehead atoms. The van der Waals surface area contributed by atoms with Crippen molar-refractivity contribution in [2.24, 2.45) is 0 Å². The standard InChI is InChI=1S/C15H19N3OS/c1-11(5-6-13-4-3-8-19-13)16-10-14-12(2)17-15-18(14)7-9-20-15/h3-4,7-9,11,16H,5-6,10H2,1-2H3. The predicted molar refractivity (Wildman–Crippen MR) is 81.1 cm³/mol. The molecule has 0 amide bonds. The van der Waals surface area contributed by atoms with Gasteiger partial charge in [-0.25, -0.2) is 4.98 Å². The molecule has 3 heterocycles. The zero-order valence-electron chi connectivity index (χ0n) is 11.8. The van der Waals surface area contributed by atoms with Crippen molar-refractivity contribution < 1.29 is 4.42 Å². The number of fused-ring (bicyclic) bond motifs is 1. The number of thiazole rings is 1. The van der Waals surface area contributed by atoms with Crippen LogP contribution in [0.5, 0.6) is 0 Å². The predicted octanol–water partition coefficient (Wildman–Crippen LogP) is 3.41. The monoisotopic (exact) mass is 289 g/mol. The Morgan fingerprint density at radius 1 is 1.50 bits per heavy atom. The maximum Gasteiger partial charge on any atom is 0.194 e. The van der Waals surface area contributed by atoms with E-state index < -0.39 is 0 Å². The molecule has 1 N–H and O–H groups in total. The topological polar surface area (TPSA) is 42.5 Å². The van der Waals surface area contributed by atoms with Gasteiger partial charge in [-0.3, -0.25) is 4.40 Å². The molecule has 106 valence electrons. The van der Waals surface area contributed by atoms with Crippen LogP contribution in [-0.2, 0) is 13.0 Å². The second-order valence-corrected chi connectivity index (χ2v) is 5.97. The van der Waals surface area contributed by atoms with E-state index in [1.807, 2.05) is 12.1 Å². The number of hydrogen-bond acceptors (Lipinski definition) is 4. The SMILES string of the molecule is Cc1nc2sccn2c1CNC(C)CCc1ccco1. The second kappa shape index (κ2) is 5.81. The van der Waals surface area contributed by atoms with Crippen LogP contribution in [-0.4, -0.2) is 15.4 Å². The molecule has 0 aliphatic rings. The summed E-state index contributed by atoms with van der Waals surface area (Å²) in [7, 11) is 0. The van der Waals surface area contributed by atoms with Crippen molar-refractivity contribution in [3.63, 3.8) is 0 Å². The van der Waals surface area contributed by atoms with Crippen LogP contribution in [0.2, 0.25) is 0 Å². The number of aryl methyl sites for hydroxylation is 2. The minimum atomic E-state index is 0.448. The lowest BCUT2D eigenvalue weighted by Crippen LogP contribution is -2.26. The second-order valence-electron chi connectivity index (χ2n) is 5.10. The summed E-state index contributed by atoms with van der Waals surface area (Å²) in [5.41, 5.74) is 2.37. The van der Waals surface area contributed by atoms with Crippen LogP contribution in [0.3, 0.4) is 0 Å². The number of hydrogen-bond donors (Lipinski definition) is 1. The van der Waals surface area contributed by atoms with E-state index in [9.17, 15) is 0 Å². The molecule has 3 aromatic heterocycles. The van der Waals surface area contributed by atoms with E-state index in [0.29, 0.717) is 6.04 Å². The summed E-state index contributed by atoms with van der Waals surface area (Å²) in [6.07, 6.45) is 5.86. The lowest BCUT2D eigenvalue weighted by molar-refractivity contribution is 0.457. The van der Waals surface area contributed by atoms with E-state index in [-0.39, 0.29) is 0 Å². The fourth-order valence-electron chi connectivity index (χ4n) is 2.34. The highest BCUT2D eigenvalue weighted by Crippen LogP contribution is 2.17. The van der Waals surface area contributed by atoms with Gasteiger partial charge in [0.25, 0.3) is 0 Å². The summed E-state index contributed by atoms with van der Waals surface area (Å²) >= 11 is 1.68. The molecule has 0 aliphatic heterocycles. The largest absolute Gasteiger partial charge is 0.469 e. The Hall–Kier alpha value is -1.59. The van der Waals surface area contributed by atoms with Gasteiger partial charge in [-0.2, -0.15) is 0 Å². The molecule has 0 saturated carbocycles. The van der Waals surface area contributed by atoms with Crippen LogP contribution >= 0.6 is 11.3 Å². The van der Waals surface area contributed by atoms with Crippen LogP contribution < -0.4 is 5.32 Å². The zero-order chi connectivity index (χ0) is 13.9. The van der Waals surface area contributed by atoms with Crippen LogP contribution in [0, 0.1) is 6.92 Å². The Balaban J connectivity index is 1.56. The number of nitrogens with one attached hydrogen (secondary N) is 1. The fraction of sp³-hybridized carbons (Fsp3) is 0.400. The Morgan fingerprint density at radius 2 is 2.40 bits per heavy atom. The first-order chi connectivity index (χ1) is 9.74. The van der Waals surface area contributed by atoms with Gasteiger partial charge in [0.1, 0.15) is 5.76 Å². The fourth-order valence-corrected chi connectivity index (χ4v) is 3.12. The first-order valence-electron chi connectivity index (χ1n) is 6.91. The van der Waals surface area contributed by atoms with Gasteiger partial charge in [-0.15, -0.1) is 11.3 Å². The van der Waals surface area contributed by atoms with Crippen molar-refractivity contribution >= 4 is 16.3 Å². The highest BCUT2D eigenvalue weighted by atomic mass is 32.1. The molecule has 0 aromatic carbocycles. The van der Waals surface area contributed by atoms with Crippen molar-refractivity contribution in [1.82, 2.24) is 14.7 Å². The smallest absolute Gasteiger partial charge is 0.194 e. The molecule has 0 fully saturated rings. The Labute approximate surface area is 122 Å². The van der Waals surface area contributed by atoms with Crippen molar-refractivity contribution in [3.05, 3.63) is 47.1 Å². The maximum absolute atomic E-state index is 5.36. The lowest BCUT2D eigenvalue weighted by Gasteiger charge is -2.13. The van der Waals surface area contributed by atoms with Crippen LogP contribution in [0.25, 0.3) is 4.96 Å². The first kappa shape index (κ1) is 13.4. The molecule has 0 aliphatic carbocycles. The third-order valence-electron chi connectivity index (χ3n) is 3.58. The van der Waals surface area contributed by atoms with Gasteiger partial charge in [-0.05, 0) is 32.4 Å². The van der Waals surface area contributed by atoms with Crippen LogP contribution in [0.1, 0.15) is 30.5 Å². The van der Waals surface area contributed by atoms with Crippen LogP contribution in [0.15, 0.2) is 34.4 Å². The number of imidazole rings is 1. The third kappa shape index (κ3) is 2.78. The molecule has 4 nitrogen and oxygen atoms in total. The van der Waals surface area contributed by atoms with Crippen molar-refractivity contribution in [3.8, 4) is 0 Å².